The summed E-state index contributed by atoms with van der Waals surface area (Å²) in [7, 11) is -4.59. The number of esters is 3. The number of ether oxygens (including phenoxy) is 4. The van der Waals surface area contributed by atoms with E-state index in [1.807, 2.05) is 0 Å². The Labute approximate surface area is 327 Å². The van der Waals surface area contributed by atoms with Crippen molar-refractivity contribution in [1.82, 2.24) is 19.7 Å². The van der Waals surface area contributed by atoms with Crippen LogP contribution in [0.5, 0.6) is 5.75 Å². The number of rotatable bonds is 14. The molecular weight excluding hydrogens is 743 g/mol. The molecular formula is C39H53N6O10P. The maximum atomic E-state index is 14.7. The summed E-state index contributed by atoms with van der Waals surface area (Å²) < 4.78 is 52.2. The lowest BCUT2D eigenvalue weighted by Crippen LogP contribution is -2.55. The Kier molecular flexibility index (Phi) is 12.8. The molecule has 2 aliphatic rings. The van der Waals surface area contributed by atoms with Crippen molar-refractivity contribution >= 4 is 37.0 Å². The van der Waals surface area contributed by atoms with Gasteiger partial charge in [0.15, 0.2) is 11.9 Å². The average molecular weight is 797 g/mol. The first-order valence-electron chi connectivity index (χ1n) is 18.9. The molecule has 3 N–H and O–H groups in total. The third-order valence-electron chi connectivity index (χ3n) is 10.3. The van der Waals surface area contributed by atoms with Gasteiger partial charge in [0.1, 0.15) is 42.4 Å². The van der Waals surface area contributed by atoms with Gasteiger partial charge in [0.05, 0.1) is 24.1 Å². The minimum atomic E-state index is -4.59. The first kappa shape index (κ1) is 42.6. The Morgan fingerprint density at radius 3 is 2.27 bits per heavy atom. The molecule has 1 saturated carbocycles. The standard InChI is InChI=1S/C39H53N6O10P/c1-24(2)33(46)53-36-38(20-40,50-22-39(36,54-34(47)25(3)4)31-19-18-30-32(41)42-23-43-45(30)31)21-51-56(49,55-29-12-10-9-11-13-29)44-26(5)35(48)52-28-16-14-27(15-17-28)37(6,7)8/h9-13,18-19,23-28,36H,14-17,21-22H2,1-8H3,(H,44,49)(H2,41,42,43)/t26-,27?,28?,36+,38+,39+,56?/m0/s1. The summed E-state index contributed by atoms with van der Waals surface area (Å²) in [6, 6.07) is 12.1. The summed E-state index contributed by atoms with van der Waals surface area (Å²) in [5.74, 6) is -2.74. The Hall–Kier alpha value is -4.55. The molecule has 1 aliphatic carbocycles. The van der Waals surface area contributed by atoms with Crippen molar-refractivity contribution in [2.45, 2.75) is 111 Å². The van der Waals surface area contributed by atoms with Crippen LogP contribution in [0, 0.1) is 34.5 Å². The molecule has 304 valence electrons. The molecule has 3 heterocycles. The van der Waals surface area contributed by atoms with Crippen LogP contribution in [0.2, 0.25) is 0 Å². The summed E-state index contributed by atoms with van der Waals surface area (Å²) in [6.07, 6.45) is 2.39. The monoisotopic (exact) mass is 796 g/mol. The van der Waals surface area contributed by atoms with Gasteiger partial charge in [0, 0.05) is 0 Å². The highest BCUT2D eigenvalue weighted by molar-refractivity contribution is 7.52. The van der Waals surface area contributed by atoms with Crippen LogP contribution in [0.15, 0.2) is 48.8 Å². The van der Waals surface area contributed by atoms with Gasteiger partial charge in [-0.1, -0.05) is 66.7 Å². The predicted molar refractivity (Wildman–Crippen MR) is 204 cm³/mol. The second-order valence-electron chi connectivity index (χ2n) is 16.2. The quantitative estimate of drug-likeness (QED) is 0.110. The number of nitrogen functional groups attached to an aromatic ring is 1. The van der Waals surface area contributed by atoms with Crippen molar-refractivity contribution in [1.29, 1.82) is 5.26 Å². The van der Waals surface area contributed by atoms with E-state index in [-0.39, 0.29) is 28.8 Å². The van der Waals surface area contributed by atoms with E-state index in [1.165, 1.54) is 29.9 Å². The van der Waals surface area contributed by atoms with Gasteiger partial charge in [-0.15, -0.1) is 0 Å². The number of hydrogen-bond acceptors (Lipinski definition) is 14. The number of nitriles is 1. The lowest BCUT2D eigenvalue weighted by atomic mass is 9.72. The van der Waals surface area contributed by atoms with Gasteiger partial charge in [0.2, 0.25) is 11.2 Å². The van der Waals surface area contributed by atoms with Crippen LogP contribution in [0.3, 0.4) is 0 Å². The molecule has 1 saturated heterocycles. The van der Waals surface area contributed by atoms with Gasteiger partial charge in [-0.2, -0.15) is 15.4 Å². The Balaban J connectivity index is 1.49. The van der Waals surface area contributed by atoms with E-state index < -0.39 is 74.1 Å². The summed E-state index contributed by atoms with van der Waals surface area (Å²) >= 11 is 0. The van der Waals surface area contributed by atoms with Gasteiger partial charge in [0.25, 0.3) is 0 Å². The van der Waals surface area contributed by atoms with E-state index >= 15 is 0 Å². The minimum Gasteiger partial charge on any atom is -0.461 e. The number of hydrogen-bond donors (Lipinski definition) is 2. The number of para-hydroxylation sites is 1. The van der Waals surface area contributed by atoms with Gasteiger partial charge < -0.3 is 29.2 Å². The molecule has 17 heteroatoms. The number of carbonyl (C=O) groups is 3. The summed E-state index contributed by atoms with van der Waals surface area (Å²) in [4.78, 5) is 44.3. The lowest BCUT2D eigenvalue weighted by Gasteiger charge is -2.37. The normalized spacial score (nSPS) is 25.6. The van der Waals surface area contributed by atoms with E-state index in [4.69, 9.17) is 33.7 Å². The van der Waals surface area contributed by atoms with E-state index in [1.54, 1.807) is 58.0 Å². The third-order valence-corrected chi connectivity index (χ3v) is 11.9. The number of nitrogens with zero attached hydrogens (tertiary/aromatic N) is 4. The van der Waals surface area contributed by atoms with Gasteiger partial charge in [-0.05, 0) is 68.2 Å². The Morgan fingerprint density at radius 1 is 1.00 bits per heavy atom. The van der Waals surface area contributed by atoms with Gasteiger partial charge >= 0.3 is 25.7 Å². The SMILES string of the molecule is CC(C)C(=O)O[C@@H]1[C@@](C#N)(COP(=O)(N[C@@H](C)C(=O)OC2CCC(C(C)(C)C)CC2)Oc2ccccc2)OC[C@@]1(OC(=O)C(C)C)c1ccc2c(N)ncnn12. The molecule has 2 fully saturated rings. The fourth-order valence-corrected chi connectivity index (χ4v) is 8.38. The molecule has 0 radical (unpaired) electrons. The molecule has 3 aromatic rings. The van der Waals surface area contributed by atoms with Gasteiger partial charge in [-0.3, -0.25) is 18.9 Å². The number of benzene rings is 1. The molecule has 0 amide bonds. The highest BCUT2D eigenvalue weighted by atomic mass is 31.2. The number of aromatic nitrogens is 3. The van der Waals surface area contributed by atoms with Crippen LogP contribution in [-0.4, -0.2) is 69.6 Å². The molecule has 1 unspecified atom stereocenters. The topological polar surface area (TPSA) is 216 Å². The van der Waals surface area contributed by atoms with E-state index in [2.05, 4.69) is 42.0 Å². The Bertz CT molecular complexity index is 1970. The van der Waals surface area contributed by atoms with Crippen LogP contribution >= 0.6 is 7.75 Å². The van der Waals surface area contributed by atoms with Crippen LogP contribution in [-0.2, 0) is 48.0 Å². The first-order valence-corrected chi connectivity index (χ1v) is 20.4. The van der Waals surface area contributed by atoms with Crippen LogP contribution in [0.1, 0.15) is 86.8 Å². The van der Waals surface area contributed by atoms with Crippen molar-refractivity contribution < 1.29 is 46.9 Å². The zero-order chi connectivity index (χ0) is 41.1. The summed E-state index contributed by atoms with van der Waals surface area (Å²) in [5, 5.41) is 17.9. The number of nitrogens with two attached hydrogens (primary N) is 1. The Morgan fingerprint density at radius 2 is 1.66 bits per heavy atom. The molecule has 0 bridgehead atoms. The number of carbonyl (C=O) groups excluding carboxylic acids is 3. The van der Waals surface area contributed by atoms with E-state index in [0.717, 1.165) is 12.8 Å². The molecule has 5 atom stereocenters. The van der Waals surface area contributed by atoms with Crippen molar-refractivity contribution in [2.75, 3.05) is 18.9 Å². The predicted octanol–water partition coefficient (Wildman–Crippen LogP) is 5.90. The van der Waals surface area contributed by atoms with Crippen molar-refractivity contribution in [3.63, 3.8) is 0 Å². The average Bonchev–Trinajstić information content (AvgIpc) is 3.72. The van der Waals surface area contributed by atoms with Crippen molar-refractivity contribution in [2.24, 2.45) is 23.2 Å². The zero-order valence-corrected chi connectivity index (χ0v) is 34.1. The summed E-state index contributed by atoms with van der Waals surface area (Å²) in [6.45, 7) is 13.1. The molecule has 5 rings (SSSR count). The van der Waals surface area contributed by atoms with Crippen molar-refractivity contribution in [3.8, 4) is 11.8 Å². The largest absolute Gasteiger partial charge is 0.461 e. The van der Waals surface area contributed by atoms with Crippen LogP contribution in [0.25, 0.3) is 5.52 Å². The fourth-order valence-electron chi connectivity index (χ4n) is 6.86. The van der Waals surface area contributed by atoms with Gasteiger partial charge in [-0.25, -0.2) is 14.1 Å². The smallest absolute Gasteiger partial charge is 0.459 e. The number of fused-ring (bicyclic) bond motifs is 1. The molecule has 56 heavy (non-hydrogen) atoms. The highest BCUT2D eigenvalue weighted by Crippen LogP contribution is 2.51. The maximum Gasteiger partial charge on any atom is 0.459 e. The molecule has 2 aromatic heterocycles. The number of nitrogens with one attached hydrogen (secondary N) is 1. The maximum absolute atomic E-state index is 14.7. The zero-order valence-electron chi connectivity index (χ0n) is 33.2. The summed E-state index contributed by atoms with van der Waals surface area (Å²) in [5.41, 5.74) is 2.51. The first-order chi connectivity index (χ1) is 26.3. The number of anilines is 1. The van der Waals surface area contributed by atoms with Crippen LogP contribution < -0.4 is 15.3 Å². The second kappa shape index (κ2) is 16.9. The minimum absolute atomic E-state index is 0.108. The third kappa shape index (κ3) is 9.18. The molecule has 1 aromatic carbocycles. The second-order valence-corrected chi connectivity index (χ2v) is 17.9. The van der Waals surface area contributed by atoms with Crippen molar-refractivity contribution in [3.05, 3.63) is 54.5 Å². The highest BCUT2D eigenvalue weighted by Gasteiger charge is 2.67. The fraction of sp³-hybridized carbons (Fsp3) is 0.590. The van der Waals surface area contributed by atoms with Crippen LogP contribution in [0.4, 0.5) is 5.82 Å². The van der Waals surface area contributed by atoms with E-state index in [9.17, 15) is 24.2 Å². The molecule has 16 nitrogen and oxygen atoms in total. The van der Waals surface area contributed by atoms with E-state index in [0.29, 0.717) is 24.3 Å². The lowest BCUT2D eigenvalue weighted by molar-refractivity contribution is -0.191. The molecule has 0 spiro atoms. The molecule has 1 aliphatic heterocycles.